The van der Waals surface area contributed by atoms with Gasteiger partial charge in [0.15, 0.2) is 0 Å². The zero-order chi connectivity index (χ0) is 19.0. The second-order valence-electron chi connectivity index (χ2n) is 6.49. The number of likely N-dealkylation sites (tertiary alicyclic amines) is 1. The summed E-state index contributed by atoms with van der Waals surface area (Å²) in [6, 6.07) is 7.57. The Morgan fingerprint density at radius 2 is 1.81 bits per heavy atom. The Bertz CT molecular complexity index is 611. The van der Waals surface area contributed by atoms with Gasteiger partial charge in [-0.3, -0.25) is 13.9 Å². The van der Waals surface area contributed by atoms with Crippen molar-refractivity contribution in [3.63, 3.8) is 0 Å². The smallest absolute Gasteiger partial charge is 0.308 e. The number of anilines is 1. The third kappa shape index (κ3) is 6.09. The number of amides is 2. The van der Waals surface area contributed by atoms with Gasteiger partial charge in [-0.15, -0.1) is 0 Å². The summed E-state index contributed by atoms with van der Waals surface area (Å²) in [6.45, 7) is 5.41. The molecule has 26 heavy (non-hydrogen) atoms. The summed E-state index contributed by atoms with van der Waals surface area (Å²) < 4.78 is 23.1. The highest BCUT2D eigenvalue weighted by Crippen LogP contribution is 2.43. The molecule has 1 heterocycles. The zero-order valence-corrected chi connectivity index (χ0v) is 16.8. The Morgan fingerprint density at radius 1 is 1.19 bits per heavy atom. The van der Waals surface area contributed by atoms with Crippen molar-refractivity contribution in [3.8, 4) is 0 Å². The van der Waals surface area contributed by atoms with Gasteiger partial charge in [0.2, 0.25) is 0 Å². The van der Waals surface area contributed by atoms with Gasteiger partial charge >= 0.3 is 13.8 Å². The summed E-state index contributed by atoms with van der Waals surface area (Å²) in [5.41, 5.74) is 1.86. The van der Waals surface area contributed by atoms with Crippen LogP contribution in [0.2, 0.25) is 0 Å². The number of hydrogen-bond donors (Lipinski definition) is 2. The molecule has 2 N–H and O–H groups in total. The second kappa shape index (κ2) is 10.1. The van der Waals surface area contributed by atoms with Gasteiger partial charge in [0.05, 0.1) is 13.2 Å². The first-order chi connectivity index (χ1) is 12.5. The van der Waals surface area contributed by atoms with Gasteiger partial charge in [-0.25, -0.2) is 14.4 Å². The number of urea groups is 1. The number of nitrogens with zero attached hydrogens (tertiary/aromatic N) is 1. The van der Waals surface area contributed by atoms with Crippen molar-refractivity contribution >= 4 is 19.5 Å². The topological polar surface area (TPSA) is 79.9 Å². The lowest BCUT2D eigenvalue weighted by atomic mass is 10.0. The van der Waals surface area contributed by atoms with Crippen LogP contribution in [0.25, 0.3) is 0 Å². The summed E-state index contributed by atoms with van der Waals surface area (Å²) in [5.74, 6) is 0. The van der Waals surface area contributed by atoms with Crippen LogP contribution in [0.5, 0.6) is 0 Å². The number of carbonyl (C=O) groups excluding carboxylic acids is 1. The molecular weight excluding hydrogens is 353 g/mol. The van der Waals surface area contributed by atoms with E-state index in [2.05, 4.69) is 22.4 Å². The average Bonchev–Trinajstić information content (AvgIpc) is 3.05. The van der Waals surface area contributed by atoms with Crippen molar-refractivity contribution in [3.05, 3.63) is 29.8 Å². The minimum absolute atomic E-state index is 0.255. The fourth-order valence-corrected chi connectivity index (χ4v) is 4.28. The van der Waals surface area contributed by atoms with Gasteiger partial charge in [0.1, 0.15) is 0 Å². The monoisotopic (exact) mass is 383 g/mol. The second-order valence-corrected chi connectivity index (χ2v) is 8.23. The molecule has 2 rings (SSSR count). The predicted molar refractivity (Wildman–Crippen MR) is 103 cm³/mol. The van der Waals surface area contributed by atoms with E-state index in [9.17, 15) is 9.36 Å². The van der Waals surface area contributed by atoms with Crippen molar-refractivity contribution in [1.29, 1.82) is 0 Å². The van der Waals surface area contributed by atoms with Crippen LogP contribution in [0.15, 0.2) is 24.3 Å². The normalized spacial score (nSPS) is 18.0. The van der Waals surface area contributed by atoms with Crippen molar-refractivity contribution < 1.29 is 18.4 Å². The number of hydrogen-bond acceptors (Lipinski definition) is 5. The molecule has 1 atom stereocenters. The van der Waals surface area contributed by atoms with Crippen LogP contribution in [0.4, 0.5) is 10.5 Å². The maximum Gasteiger partial charge on any atom is 0.436 e. The van der Waals surface area contributed by atoms with E-state index in [1.165, 1.54) is 12.0 Å². The first-order valence-corrected chi connectivity index (χ1v) is 10.8. The predicted octanol–water partition coefficient (Wildman–Crippen LogP) is 4.54. The molecule has 1 fully saturated rings. The largest absolute Gasteiger partial charge is 0.436 e. The Balaban J connectivity index is 1.93. The number of benzene rings is 1. The minimum Gasteiger partial charge on any atom is -0.308 e. The van der Waals surface area contributed by atoms with Crippen LogP contribution in [0.1, 0.15) is 51.1 Å². The Hall–Kier alpha value is -1.40. The quantitative estimate of drug-likeness (QED) is 0.612. The maximum absolute atomic E-state index is 12.6. The highest BCUT2D eigenvalue weighted by atomic mass is 31.2. The van der Waals surface area contributed by atoms with E-state index < -0.39 is 13.8 Å². The molecule has 2 amide bonds. The van der Waals surface area contributed by atoms with Crippen molar-refractivity contribution in [1.82, 2.24) is 9.99 Å². The first kappa shape index (κ1) is 20.9. The van der Waals surface area contributed by atoms with Crippen molar-refractivity contribution in [2.24, 2.45) is 0 Å². The molecule has 1 aromatic rings. The lowest BCUT2D eigenvalue weighted by Crippen LogP contribution is -2.28. The van der Waals surface area contributed by atoms with Crippen LogP contribution < -0.4 is 10.4 Å². The molecule has 1 aliphatic heterocycles. The van der Waals surface area contributed by atoms with Crippen LogP contribution in [0, 0.1) is 0 Å². The van der Waals surface area contributed by atoms with Crippen molar-refractivity contribution in [2.45, 2.75) is 45.6 Å². The van der Waals surface area contributed by atoms with Crippen LogP contribution in [-0.2, 0) is 13.6 Å². The summed E-state index contributed by atoms with van der Waals surface area (Å²) in [7, 11) is -1.52. The SMILES string of the molecule is CCCOP(=O)(NC(=O)Nc1ccc(C2CCCN2C)cc1)OCCC. The molecule has 0 bridgehead atoms. The van der Waals surface area contributed by atoms with Gasteiger partial charge in [0.25, 0.3) is 0 Å². The number of nitrogens with one attached hydrogen (secondary N) is 2. The first-order valence-electron chi connectivity index (χ1n) is 9.26. The summed E-state index contributed by atoms with van der Waals surface area (Å²) in [6.07, 6.45) is 3.71. The van der Waals surface area contributed by atoms with E-state index in [1.54, 1.807) is 0 Å². The van der Waals surface area contributed by atoms with E-state index in [1.807, 2.05) is 38.1 Å². The molecule has 0 saturated carbocycles. The molecule has 1 unspecified atom stereocenters. The third-order valence-electron chi connectivity index (χ3n) is 4.24. The number of carbonyl (C=O) groups is 1. The highest BCUT2D eigenvalue weighted by molar-refractivity contribution is 7.52. The lowest BCUT2D eigenvalue weighted by Gasteiger charge is -2.20. The van der Waals surface area contributed by atoms with E-state index in [0.717, 1.165) is 13.0 Å². The Morgan fingerprint density at radius 3 is 2.31 bits per heavy atom. The molecule has 8 heteroatoms. The molecule has 7 nitrogen and oxygen atoms in total. The summed E-state index contributed by atoms with van der Waals surface area (Å²) >= 11 is 0. The molecule has 0 aliphatic carbocycles. The summed E-state index contributed by atoms with van der Waals surface area (Å²) in [5, 5.41) is 5.02. The highest BCUT2D eigenvalue weighted by Gasteiger charge is 2.27. The molecular formula is C18H30N3O4P. The fraction of sp³-hybridized carbons (Fsp3) is 0.611. The van der Waals surface area contributed by atoms with Gasteiger partial charge < -0.3 is 5.32 Å². The van der Waals surface area contributed by atoms with Crippen molar-refractivity contribution in [2.75, 3.05) is 32.1 Å². The van der Waals surface area contributed by atoms with Crippen LogP contribution >= 0.6 is 7.75 Å². The molecule has 146 valence electrons. The Labute approximate surface area is 156 Å². The minimum atomic E-state index is -3.65. The van der Waals surface area contributed by atoms with Gasteiger partial charge in [-0.2, -0.15) is 0 Å². The molecule has 1 aliphatic rings. The van der Waals surface area contributed by atoms with E-state index >= 15 is 0 Å². The zero-order valence-electron chi connectivity index (χ0n) is 15.9. The maximum atomic E-state index is 12.6. The third-order valence-corrected chi connectivity index (χ3v) is 5.76. The number of rotatable bonds is 9. The van der Waals surface area contributed by atoms with Gasteiger partial charge in [-0.05, 0) is 57.0 Å². The lowest BCUT2D eigenvalue weighted by molar-refractivity contribution is 0.195. The van der Waals surface area contributed by atoms with Crippen LogP contribution in [-0.4, -0.2) is 37.7 Å². The van der Waals surface area contributed by atoms with Gasteiger partial charge in [-0.1, -0.05) is 26.0 Å². The fourth-order valence-electron chi connectivity index (χ4n) is 2.93. The molecule has 1 saturated heterocycles. The van der Waals surface area contributed by atoms with E-state index in [-0.39, 0.29) is 13.2 Å². The molecule has 1 aromatic carbocycles. The molecule has 0 aromatic heterocycles. The Kier molecular flexibility index (Phi) is 8.10. The van der Waals surface area contributed by atoms with E-state index in [4.69, 9.17) is 9.05 Å². The summed E-state index contributed by atoms with van der Waals surface area (Å²) in [4.78, 5) is 14.5. The average molecular weight is 383 g/mol. The van der Waals surface area contributed by atoms with Crippen LogP contribution in [0.3, 0.4) is 0 Å². The van der Waals surface area contributed by atoms with E-state index in [0.29, 0.717) is 24.6 Å². The molecule has 0 spiro atoms. The molecule has 0 radical (unpaired) electrons. The van der Waals surface area contributed by atoms with Gasteiger partial charge in [0, 0.05) is 11.7 Å². The standard InChI is InChI=1S/C18H30N3O4P/c1-4-13-24-26(23,25-14-5-2)20-18(22)19-16-10-8-15(9-11-16)17-7-6-12-21(17)3/h8-11,17H,4-7,12-14H2,1-3H3,(H2,19,20,22,23).